The van der Waals surface area contributed by atoms with E-state index in [1.165, 1.54) is 0 Å². The number of anilines is 2. The Kier molecular flexibility index (Phi) is 3.31. The zero-order valence-electron chi connectivity index (χ0n) is 11.1. The highest BCUT2D eigenvalue weighted by Gasteiger charge is 2.24. The van der Waals surface area contributed by atoms with Crippen LogP contribution in [0.25, 0.3) is 10.9 Å². The van der Waals surface area contributed by atoms with Crippen molar-refractivity contribution in [2.75, 3.05) is 17.6 Å². The van der Waals surface area contributed by atoms with Crippen molar-refractivity contribution in [1.82, 2.24) is 9.97 Å². The Labute approximate surface area is 116 Å². The molecular weight excluding hydrogens is 256 g/mol. The summed E-state index contributed by atoms with van der Waals surface area (Å²) in [7, 11) is 0. The Morgan fingerprint density at radius 2 is 2.30 bits per heavy atom. The van der Waals surface area contributed by atoms with Gasteiger partial charge in [0.1, 0.15) is 0 Å². The number of H-pyrrole nitrogens is 1. The number of nitrogens with one attached hydrogen (secondary N) is 2. The van der Waals surface area contributed by atoms with Gasteiger partial charge >= 0.3 is 0 Å². The topological polar surface area (TPSA) is 104 Å². The van der Waals surface area contributed by atoms with Crippen LogP contribution in [-0.2, 0) is 0 Å². The molecule has 1 aliphatic carbocycles. The zero-order valence-corrected chi connectivity index (χ0v) is 11.1. The van der Waals surface area contributed by atoms with Crippen molar-refractivity contribution in [3.8, 4) is 0 Å². The monoisotopic (exact) mass is 274 g/mol. The summed E-state index contributed by atoms with van der Waals surface area (Å²) in [6, 6.07) is 5.07. The maximum atomic E-state index is 12.0. The van der Waals surface area contributed by atoms with Gasteiger partial charge in [-0.05, 0) is 31.0 Å². The molecule has 6 heteroatoms. The molecular formula is C14H18N4O2. The molecule has 106 valence electrons. The number of hydrogen-bond acceptors (Lipinski definition) is 5. The molecule has 20 heavy (non-hydrogen) atoms. The largest absolute Gasteiger partial charge is 0.399 e. The number of aromatic amines is 1. The number of aliphatic hydroxyl groups is 1. The van der Waals surface area contributed by atoms with Crippen molar-refractivity contribution in [3.05, 3.63) is 28.6 Å². The lowest BCUT2D eigenvalue weighted by Crippen LogP contribution is -2.24. The average Bonchev–Trinajstić information content (AvgIpc) is 2.83. The summed E-state index contributed by atoms with van der Waals surface area (Å²) in [5.74, 6) is 0.661. The molecule has 0 amide bonds. The number of fused-ring (bicyclic) bond motifs is 1. The van der Waals surface area contributed by atoms with Crippen LogP contribution in [0.5, 0.6) is 0 Å². The standard InChI is InChI=1S/C14H18N4O2/c15-9-4-5-11-10(6-9)13(20)18-14(17-11)16-7-8-2-1-3-12(8)19/h4-6,8,12,19H,1-3,7,15H2,(H2,16,17,18,20). The minimum absolute atomic E-state index is 0.211. The lowest BCUT2D eigenvalue weighted by Gasteiger charge is -2.15. The third-order valence-corrected chi connectivity index (χ3v) is 3.88. The highest BCUT2D eigenvalue weighted by Crippen LogP contribution is 2.25. The van der Waals surface area contributed by atoms with E-state index in [2.05, 4.69) is 15.3 Å². The number of aliphatic hydroxyl groups excluding tert-OH is 1. The average molecular weight is 274 g/mol. The van der Waals surface area contributed by atoms with Gasteiger partial charge in [0.05, 0.1) is 17.0 Å². The van der Waals surface area contributed by atoms with Gasteiger partial charge in [-0.3, -0.25) is 9.78 Å². The molecule has 1 heterocycles. The van der Waals surface area contributed by atoms with E-state index in [4.69, 9.17) is 5.73 Å². The van der Waals surface area contributed by atoms with E-state index in [0.29, 0.717) is 29.1 Å². The van der Waals surface area contributed by atoms with Crippen molar-refractivity contribution in [2.24, 2.45) is 5.92 Å². The van der Waals surface area contributed by atoms with Crippen molar-refractivity contribution in [2.45, 2.75) is 25.4 Å². The van der Waals surface area contributed by atoms with E-state index in [-0.39, 0.29) is 17.6 Å². The van der Waals surface area contributed by atoms with Gasteiger partial charge in [-0.1, -0.05) is 6.42 Å². The summed E-state index contributed by atoms with van der Waals surface area (Å²) in [6.45, 7) is 0.616. The third-order valence-electron chi connectivity index (χ3n) is 3.88. The van der Waals surface area contributed by atoms with Crippen LogP contribution >= 0.6 is 0 Å². The van der Waals surface area contributed by atoms with E-state index < -0.39 is 0 Å². The SMILES string of the molecule is Nc1ccc2nc(NCC3CCCC3O)[nH]c(=O)c2c1. The van der Waals surface area contributed by atoms with Crippen LogP contribution in [0.3, 0.4) is 0 Å². The molecule has 3 rings (SSSR count). The van der Waals surface area contributed by atoms with Gasteiger partial charge in [0.25, 0.3) is 5.56 Å². The number of benzene rings is 1. The second-order valence-corrected chi connectivity index (χ2v) is 5.33. The van der Waals surface area contributed by atoms with Gasteiger partial charge in [0, 0.05) is 18.2 Å². The predicted octanol–water partition coefficient (Wildman–Crippen LogP) is 1.08. The minimum atomic E-state index is -0.255. The second-order valence-electron chi connectivity index (χ2n) is 5.33. The Bertz CT molecular complexity index is 682. The highest BCUT2D eigenvalue weighted by molar-refractivity contribution is 5.81. The summed E-state index contributed by atoms with van der Waals surface area (Å²) in [5.41, 5.74) is 6.60. The van der Waals surface area contributed by atoms with Crippen LogP contribution in [-0.4, -0.2) is 27.7 Å². The van der Waals surface area contributed by atoms with Gasteiger partial charge in [0.2, 0.25) is 5.95 Å². The molecule has 1 aromatic carbocycles. The molecule has 2 aromatic rings. The quantitative estimate of drug-likeness (QED) is 0.627. The summed E-state index contributed by atoms with van der Waals surface area (Å²) in [5, 5.41) is 13.4. The van der Waals surface area contributed by atoms with Crippen LogP contribution in [0.4, 0.5) is 11.6 Å². The second kappa shape index (κ2) is 5.13. The first kappa shape index (κ1) is 12.9. The highest BCUT2D eigenvalue weighted by atomic mass is 16.3. The van der Waals surface area contributed by atoms with E-state index in [1.54, 1.807) is 18.2 Å². The number of aromatic nitrogens is 2. The Hall–Kier alpha value is -2.08. The first-order valence-corrected chi connectivity index (χ1v) is 6.85. The minimum Gasteiger partial charge on any atom is -0.399 e. The van der Waals surface area contributed by atoms with Crippen LogP contribution in [0, 0.1) is 5.92 Å². The fourth-order valence-electron chi connectivity index (χ4n) is 2.72. The molecule has 2 atom stereocenters. The Morgan fingerprint density at radius 3 is 3.05 bits per heavy atom. The van der Waals surface area contributed by atoms with Gasteiger partial charge in [-0.2, -0.15) is 0 Å². The number of nitrogens with two attached hydrogens (primary N) is 1. The van der Waals surface area contributed by atoms with Crippen LogP contribution in [0.1, 0.15) is 19.3 Å². The van der Waals surface area contributed by atoms with Crippen LogP contribution in [0.15, 0.2) is 23.0 Å². The maximum absolute atomic E-state index is 12.0. The normalized spacial score (nSPS) is 22.2. The predicted molar refractivity (Wildman–Crippen MR) is 78.6 cm³/mol. The van der Waals surface area contributed by atoms with Crippen LogP contribution in [0.2, 0.25) is 0 Å². The molecule has 0 aliphatic heterocycles. The molecule has 1 saturated carbocycles. The van der Waals surface area contributed by atoms with Gasteiger partial charge < -0.3 is 16.2 Å². The first-order valence-electron chi connectivity index (χ1n) is 6.85. The molecule has 6 nitrogen and oxygen atoms in total. The van der Waals surface area contributed by atoms with E-state index >= 15 is 0 Å². The van der Waals surface area contributed by atoms with E-state index in [0.717, 1.165) is 19.3 Å². The number of nitrogen functional groups attached to an aromatic ring is 1. The molecule has 1 fully saturated rings. The number of rotatable bonds is 3. The number of hydrogen-bond donors (Lipinski definition) is 4. The molecule has 0 bridgehead atoms. The first-order chi connectivity index (χ1) is 9.63. The van der Waals surface area contributed by atoms with Crippen LogP contribution < -0.4 is 16.6 Å². The van der Waals surface area contributed by atoms with Gasteiger partial charge in [0.15, 0.2) is 0 Å². The molecule has 0 saturated heterocycles. The molecule has 0 radical (unpaired) electrons. The van der Waals surface area contributed by atoms with Gasteiger partial charge in [-0.15, -0.1) is 0 Å². The van der Waals surface area contributed by atoms with Crippen molar-refractivity contribution < 1.29 is 5.11 Å². The zero-order chi connectivity index (χ0) is 14.1. The molecule has 0 spiro atoms. The van der Waals surface area contributed by atoms with Crippen molar-refractivity contribution in [3.63, 3.8) is 0 Å². The third kappa shape index (κ3) is 2.46. The maximum Gasteiger partial charge on any atom is 0.260 e. The lowest BCUT2D eigenvalue weighted by molar-refractivity contribution is 0.138. The summed E-state index contributed by atoms with van der Waals surface area (Å²) < 4.78 is 0. The number of nitrogens with zero attached hydrogens (tertiary/aromatic N) is 1. The molecule has 2 unspecified atom stereocenters. The van der Waals surface area contributed by atoms with E-state index in [1.807, 2.05) is 0 Å². The molecule has 1 aromatic heterocycles. The Balaban J connectivity index is 1.82. The fourth-order valence-corrected chi connectivity index (χ4v) is 2.72. The smallest absolute Gasteiger partial charge is 0.260 e. The molecule has 5 N–H and O–H groups in total. The summed E-state index contributed by atoms with van der Waals surface area (Å²) in [4.78, 5) is 19.0. The van der Waals surface area contributed by atoms with Gasteiger partial charge in [-0.25, -0.2) is 4.98 Å². The van der Waals surface area contributed by atoms with Crippen molar-refractivity contribution >= 4 is 22.5 Å². The molecule has 1 aliphatic rings. The fraction of sp³-hybridized carbons (Fsp3) is 0.429. The summed E-state index contributed by atoms with van der Waals surface area (Å²) >= 11 is 0. The van der Waals surface area contributed by atoms with E-state index in [9.17, 15) is 9.90 Å². The lowest BCUT2D eigenvalue weighted by atomic mass is 10.1. The Morgan fingerprint density at radius 1 is 1.45 bits per heavy atom. The summed E-state index contributed by atoms with van der Waals surface area (Å²) in [6.07, 6.45) is 2.65. The van der Waals surface area contributed by atoms with Crippen molar-refractivity contribution in [1.29, 1.82) is 0 Å².